The van der Waals surface area contributed by atoms with E-state index in [1.165, 1.54) is 0 Å². The number of aliphatic carboxylic acids is 12. The standard InChI is InChI=1S/3C2H8N2.12C2H4O2.3K/c3*3-1-2-4;12*1-2(3)4;;;/h3*1-4H2;12*1H3,(H,3,4);;;. The molecule has 0 atom stereocenters. The minimum atomic E-state index is -0.833. The molecule has 24 N–H and O–H groups in total. The third-order valence-corrected chi connectivity index (χ3v) is 0.500. The molecular weight excluding hydrogens is 946 g/mol. The van der Waals surface area contributed by atoms with Gasteiger partial charge < -0.3 is 95.7 Å². The summed E-state index contributed by atoms with van der Waals surface area (Å²) < 4.78 is 0. The summed E-state index contributed by atoms with van der Waals surface area (Å²) in [5.41, 5.74) is 29.4. The first-order valence-electron chi connectivity index (χ1n) is 15.1. The van der Waals surface area contributed by atoms with Gasteiger partial charge in [0.25, 0.3) is 71.6 Å². The van der Waals surface area contributed by atoms with Gasteiger partial charge in [-0.05, 0) is 0 Å². The molecule has 0 aliphatic heterocycles. The van der Waals surface area contributed by atoms with Crippen LogP contribution in [0.1, 0.15) is 83.1 Å². The second-order valence-electron chi connectivity index (χ2n) is 7.96. The average molecular weight is 1020 g/mol. The molecule has 0 aromatic rings. The quantitative estimate of drug-likeness (QED) is 0.123. The maximum atomic E-state index is 9.00. The van der Waals surface area contributed by atoms with Crippen LogP contribution in [0.25, 0.3) is 0 Å². The Morgan fingerprint density at radius 3 is 0.222 bits per heavy atom. The van der Waals surface area contributed by atoms with Crippen LogP contribution in [0.2, 0.25) is 0 Å². The number of rotatable bonds is 3. The van der Waals surface area contributed by atoms with Crippen molar-refractivity contribution in [3.63, 3.8) is 0 Å². The van der Waals surface area contributed by atoms with Gasteiger partial charge in [0, 0.05) is 277 Å². The topological polar surface area (TPSA) is 604 Å². The minimum absolute atomic E-state index is 0. The van der Waals surface area contributed by atoms with Crippen LogP contribution in [0, 0.1) is 0 Å². The summed E-state index contributed by atoms with van der Waals surface area (Å²) in [4.78, 5) is 108. The van der Waals surface area contributed by atoms with Crippen LogP contribution >= 0.6 is 0 Å². The fraction of sp³-hybridized carbons (Fsp3) is 0.600. The molecule has 0 saturated heterocycles. The Bertz CT molecular complexity index is 710. The maximum absolute atomic E-state index is 9.00. The van der Waals surface area contributed by atoms with Crippen LogP contribution in [0.4, 0.5) is 0 Å². The second-order valence-corrected chi connectivity index (χ2v) is 7.96. The number of nitrogens with two attached hydrogens (primary N) is 6. The first-order valence-corrected chi connectivity index (χ1v) is 15.1. The Labute approximate surface area is 494 Å². The number of carboxylic acids is 12. The number of hydrogen-bond donors (Lipinski definition) is 18. The van der Waals surface area contributed by atoms with Crippen LogP contribution in [0.3, 0.4) is 0 Å². The summed E-state index contributed by atoms with van der Waals surface area (Å²) in [5.74, 6) is -10.0. The summed E-state index contributed by atoms with van der Waals surface area (Å²) in [7, 11) is 0. The van der Waals surface area contributed by atoms with Crippen molar-refractivity contribution in [3.8, 4) is 0 Å². The van der Waals surface area contributed by atoms with Crippen molar-refractivity contribution in [1.82, 2.24) is 0 Å². The van der Waals surface area contributed by atoms with Crippen LogP contribution < -0.4 is 34.4 Å². The monoisotopic (exact) mass is 1020 g/mol. The van der Waals surface area contributed by atoms with Crippen molar-refractivity contribution < 1.29 is 119 Å². The molecule has 369 valence electrons. The molecule has 30 nitrogen and oxygen atoms in total. The van der Waals surface area contributed by atoms with Gasteiger partial charge in [0.15, 0.2) is 0 Å². The fourth-order valence-corrected chi connectivity index (χ4v) is 0. The van der Waals surface area contributed by atoms with Crippen molar-refractivity contribution in [2.24, 2.45) is 34.4 Å². The molecule has 0 unspecified atom stereocenters. The van der Waals surface area contributed by atoms with Gasteiger partial charge in [0.05, 0.1) is 0 Å². The smallest absolute Gasteiger partial charge is 0.300 e. The molecule has 0 aromatic heterocycles. The number of hydrogen-bond acceptors (Lipinski definition) is 18. The predicted molar refractivity (Wildman–Crippen MR) is 231 cm³/mol. The molecule has 0 spiro atoms. The number of carboxylic acid groups (broad SMARTS) is 12. The Hall–Kier alpha value is -1.69. The summed E-state index contributed by atoms with van der Waals surface area (Å²) >= 11 is 0. The molecule has 63 heavy (non-hydrogen) atoms. The van der Waals surface area contributed by atoms with Crippen molar-refractivity contribution in [2.45, 2.75) is 83.1 Å². The van der Waals surface area contributed by atoms with Crippen LogP contribution in [0.5, 0.6) is 0 Å². The summed E-state index contributed by atoms with van der Waals surface area (Å²) in [6, 6.07) is 0. The van der Waals surface area contributed by atoms with E-state index in [-0.39, 0.29) is 154 Å². The first kappa shape index (κ1) is 119. The van der Waals surface area contributed by atoms with Crippen molar-refractivity contribution in [3.05, 3.63) is 0 Å². The Balaban J connectivity index is -0.0000000215. The maximum Gasteiger partial charge on any atom is 0.300 e. The van der Waals surface area contributed by atoms with Gasteiger partial charge in [0.1, 0.15) is 0 Å². The molecule has 0 saturated carbocycles. The Kier molecular flexibility index (Phi) is 246. The van der Waals surface area contributed by atoms with E-state index in [2.05, 4.69) is 0 Å². The normalized spacial score (nSPS) is 6.19. The third kappa shape index (κ3) is 120000. The first-order chi connectivity index (χ1) is 26.5. The Morgan fingerprint density at radius 2 is 0.222 bits per heavy atom. The average Bonchev–Trinajstić information content (AvgIpc) is 2.94. The molecule has 0 aliphatic rings. The second kappa shape index (κ2) is 131. The molecule has 0 heterocycles. The van der Waals surface area contributed by atoms with E-state index in [4.69, 9.17) is 153 Å². The largest absolute Gasteiger partial charge is 0.481 e. The van der Waals surface area contributed by atoms with Crippen LogP contribution in [-0.2, 0) is 57.5 Å². The molecule has 33 heteroatoms. The zero-order valence-electron chi connectivity index (χ0n) is 39.0. The summed E-state index contributed by atoms with van der Waals surface area (Å²) in [5, 5.41) is 89.0. The molecule has 0 aliphatic carbocycles. The van der Waals surface area contributed by atoms with E-state index < -0.39 is 71.6 Å². The minimum Gasteiger partial charge on any atom is -0.481 e. The van der Waals surface area contributed by atoms with E-state index in [1.54, 1.807) is 0 Å². The summed E-state index contributed by atoms with van der Waals surface area (Å²) in [6.07, 6.45) is 0. The molecule has 3 radical (unpaired) electrons. The van der Waals surface area contributed by atoms with Crippen molar-refractivity contribution in [1.29, 1.82) is 0 Å². The number of carbonyl (C=O) groups is 12. The Morgan fingerprint density at radius 1 is 0.206 bits per heavy atom. The molecular formula is C30H72K3N6O24. The fourth-order valence-electron chi connectivity index (χ4n) is 0. The van der Waals surface area contributed by atoms with Crippen LogP contribution in [-0.4, -0.2) is 326 Å². The van der Waals surface area contributed by atoms with Crippen LogP contribution in [0.15, 0.2) is 0 Å². The van der Waals surface area contributed by atoms with Gasteiger partial charge in [-0.3, -0.25) is 57.5 Å². The molecule has 0 amide bonds. The van der Waals surface area contributed by atoms with Gasteiger partial charge in [-0.2, -0.15) is 0 Å². The van der Waals surface area contributed by atoms with E-state index in [0.717, 1.165) is 83.1 Å². The van der Waals surface area contributed by atoms with Gasteiger partial charge in [0.2, 0.25) is 0 Å². The van der Waals surface area contributed by atoms with E-state index in [0.29, 0.717) is 39.3 Å². The zero-order chi connectivity index (χ0) is 53.2. The molecule has 0 rings (SSSR count). The molecule has 0 fully saturated rings. The SMILES string of the molecule is CC(=O)O.CC(=O)O.CC(=O)O.CC(=O)O.CC(=O)O.CC(=O)O.CC(=O)O.CC(=O)O.CC(=O)O.CC(=O)O.CC(=O)O.CC(=O)O.NCCN.NCCN.NCCN.[K].[K].[K]. The van der Waals surface area contributed by atoms with E-state index in [1.807, 2.05) is 0 Å². The van der Waals surface area contributed by atoms with E-state index >= 15 is 0 Å². The third-order valence-electron chi connectivity index (χ3n) is 0.500. The van der Waals surface area contributed by atoms with Crippen molar-refractivity contribution in [2.75, 3.05) is 39.3 Å². The zero-order valence-corrected chi connectivity index (χ0v) is 48.3. The predicted octanol–water partition coefficient (Wildman–Crippen LogP) is -3.34. The van der Waals surface area contributed by atoms with Crippen molar-refractivity contribution >= 4 is 226 Å². The van der Waals surface area contributed by atoms with Gasteiger partial charge in [-0.15, -0.1) is 0 Å². The molecule has 0 bridgehead atoms. The summed E-state index contributed by atoms with van der Waals surface area (Å²) in [6.45, 7) is 16.6. The van der Waals surface area contributed by atoms with E-state index in [9.17, 15) is 0 Å². The van der Waals surface area contributed by atoms with Gasteiger partial charge >= 0.3 is 0 Å². The van der Waals surface area contributed by atoms with Gasteiger partial charge in [-0.1, -0.05) is 0 Å². The molecule has 0 aromatic carbocycles. The van der Waals surface area contributed by atoms with Gasteiger partial charge in [-0.25, -0.2) is 0 Å².